The zero-order chi connectivity index (χ0) is 21.5. The first-order chi connectivity index (χ1) is 14.5. The van der Waals surface area contributed by atoms with Gasteiger partial charge in [0.1, 0.15) is 11.6 Å². The lowest BCUT2D eigenvalue weighted by Gasteiger charge is -2.34. The Morgan fingerprint density at radius 2 is 1.90 bits per heavy atom. The van der Waals surface area contributed by atoms with E-state index in [4.69, 9.17) is 11.6 Å². The number of carbonyl (C=O) groups is 1. The summed E-state index contributed by atoms with van der Waals surface area (Å²) in [6.07, 6.45) is 1.53. The Bertz CT molecular complexity index is 995. The number of halogens is 1. The number of hydrogen-bond donors (Lipinski definition) is 1. The molecule has 0 unspecified atom stereocenters. The molecule has 30 heavy (non-hydrogen) atoms. The number of piperazine rings is 1. The molecule has 0 spiro atoms. The van der Waals surface area contributed by atoms with E-state index in [0.717, 1.165) is 25.7 Å². The van der Waals surface area contributed by atoms with Gasteiger partial charge in [0.25, 0.3) is 11.6 Å². The molecule has 0 saturated carbocycles. The zero-order valence-electron chi connectivity index (χ0n) is 16.1. The average Bonchev–Trinajstić information content (AvgIpc) is 2.75. The molecule has 3 rings (SSSR count). The molecule has 0 radical (unpaired) electrons. The van der Waals surface area contributed by atoms with Crippen molar-refractivity contribution in [2.24, 2.45) is 0 Å². The molecule has 2 aromatic rings. The lowest BCUT2D eigenvalue weighted by atomic mass is 10.2. The Balaban J connectivity index is 1.61. The van der Waals surface area contributed by atoms with Gasteiger partial charge in [-0.1, -0.05) is 41.9 Å². The van der Waals surface area contributed by atoms with Crippen molar-refractivity contribution in [1.82, 2.24) is 9.80 Å². The lowest BCUT2D eigenvalue weighted by Crippen LogP contribution is -2.43. The number of anilines is 1. The lowest BCUT2D eigenvalue weighted by molar-refractivity contribution is -0.384. The van der Waals surface area contributed by atoms with Crippen LogP contribution in [0.5, 0.6) is 0 Å². The second-order valence-electron chi connectivity index (χ2n) is 6.83. The van der Waals surface area contributed by atoms with E-state index in [2.05, 4.69) is 22.3 Å². The third-order valence-electron chi connectivity index (χ3n) is 4.74. The van der Waals surface area contributed by atoms with Crippen LogP contribution in [-0.2, 0) is 11.3 Å². The standard InChI is InChI=1S/C21H20ClN5O3/c22-19-7-6-18(27(29)30)12-20(19)24-21(28)17(13-23)15-26-10-8-25(9-11-26)14-16-4-2-1-3-5-16/h1-7,12,15H,8-11,14H2,(H,24,28)/b17-15-. The van der Waals surface area contributed by atoms with E-state index in [1.165, 1.54) is 23.9 Å². The van der Waals surface area contributed by atoms with Crippen molar-refractivity contribution in [1.29, 1.82) is 5.26 Å². The minimum absolute atomic E-state index is 0.0877. The van der Waals surface area contributed by atoms with Gasteiger partial charge in [-0.2, -0.15) is 5.26 Å². The molecule has 8 nitrogen and oxygen atoms in total. The fourth-order valence-electron chi connectivity index (χ4n) is 3.13. The van der Waals surface area contributed by atoms with Gasteiger partial charge in [0, 0.05) is 51.1 Å². The van der Waals surface area contributed by atoms with Crippen molar-refractivity contribution in [3.63, 3.8) is 0 Å². The third kappa shape index (κ3) is 5.56. The van der Waals surface area contributed by atoms with E-state index in [9.17, 15) is 20.2 Å². The van der Waals surface area contributed by atoms with Crippen LogP contribution < -0.4 is 5.32 Å². The Hall–Kier alpha value is -3.41. The highest BCUT2D eigenvalue weighted by Gasteiger charge is 2.19. The van der Waals surface area contributed by atoms with Gasteiger partial charge < -0.3 is 10.2 Å². The summed E-state index contributed by atoms with van der Waals surface area (Å²) in [4.78, 5) is 27.1. The highest BCUT2D eigenvalue weighted by atomic mass is 35.5. The zero-order valence-corrected chi connectivity index (χ0v) is 16.9. The number of nitrogens with one attached hydrogen (secondary N) is 1. The number of nitrogens with zero attached hydrogens (tertiary/aromatic N) is 4. The van der Waals surface area contributed by atoms with E-state index in [1.54, 1.807) is 0 Å². The van der Waals surface area contributed by atoms with Crippen LogP contribution in [0.25, 0.3) is 0 Å². The van der Waals surface area contributed by atoms with Gasteiger partial charge >= 0.3 is 0 Å². The van der Waals surface area contributed by atoms with Crippen LogP contribution in [0.1, 0.15) is 5.56 Å². The number of benzene rings is 2. The molecule has 2 aromatic carbocycles. The molecule has 0 aromatic heterocycles. The number of nitro benzene ring substituents is 1. The van der Waals surface area contributed by atoms with Crippen LogP contribution in [0, 0.1) is 21.4 Å². The summed E-state index contributed by atoms with van der Waals surface area (Å²) < 4.78 is 0. The molecule has 0 atom stereocenters. The summed E-state index contributed by atoms with van der Waals surface area (Å²) in [5.41, 5.74) is 1.04. The number of nitriles is 1. The minimum Gasteiger partial charge on any atom is -0.374 e. The van der Waals surface area contributed by atoms with Gasteiger partial charge in [-0.15, -0.1) is 0 Å². The summed E-state index contributed by atoms with van der Waals surface area (Å²) in [6, 6.07) is 15.8. The van der Waals surface area contributed by atoms with Gasteiger partial charge in [-0.25, -0.2) is 0 Å². The molecule has 9 heteroatoms. The molecular weight excluding hydrogens is 406 g/mol. The van der Waals surface area contributed by atoms with Crippen molar-refractivity contribution >= 4 is 28.9 Å². The number of rotatable bonds is 6. The Morgan fingerprint density at radius 3 is 2.53 bits per heavy atom. The smallest absolute Gasteiger partial charge is 0.271 e. The molecular formula is C21H20ClN5O3. The first-order valence-electron chi connectivity index (χ1n) is 9.34. The highest BCUT2D eigenvalue weighted by Crippen LogP contribution is 2.27. The van der Waals surface area contributed by atoms with Crippen LogP contribution in [0.4, 0.5) is 11.4 Å². The normalized spacial score (nSPS) is 14.8. The van der Waals surface area contributed by atoms with Crippen LogP contribution in [-0.4, -0.2) is 46.8 Å². The second-order valence-corrected chi connectivity index (χ2v) is 7.23. The van der Waals surface area contributed by atoms with Crippen molar-refractivity contribution < 1.29 is 9.72 Å². The molecule has 1 heterocycles. The van der Waals surface area contributed by atoms with Crippen molar-refractivity contribution in [3.05, 3.63) is 81.0 Å². The maximum absolute atomic E-state index is 12.5. The van der Waals surface area contributed by atoms with Crippen LogP contribution in [0.3, 0.4) is 0 Å². The quantitative estimate of drug-likeness (QED) is 0.329. The van der Waals surface area contributed by atoms with Crippen LogP contribution >= 0.6 is 11.6 Å². The molecule has 0 bridgehead atoms. The molecule has 1 N–H and O–H groups in total. The average molecular weight is 426 g/mol. The first kappa shape index (κ1) is 21.3. The summed E-state index contributed by atoms with van der Waals surface area (Å²) in [7, 11) is 0. The predicted octanol–water partition coefficient (Wildman–Crippen LogP) is 3.41. The fraction of sp³-hybridized carbons (Fsp3) is 0.238. The minimum atomic E-state index is -0.661. The van der Waals surface area contributed by atoms with Crippen LogP contribution in [0.2, 0.25) is 5.02 Å². The van der Waals surface area contributed by atoms with E-state index in [1.807, 2.05) is 29.2 Å². The molecule has 154 valence electrons. The third-order valence-corrected chi connectivity index (χ3v) is 5.07. The van der Waals surface area contributed by atoms with Gasteiger partial charge in [0.2, 0.25) is 0 Å². The Morgan fingerprint density at radius 1 is 1.20 bits per heavy atom. The molecule has 1 aliphatic heterocycles. The van der Waals surface area contributed by atoms with E-state index >= 15 is 0 Å². The largest absolute Gasteiger partial charge is 0.374 e. The van der Waals surface area contributed by atoms with Gasteiger partial charge in [0.05, 0.1) is 15.6 Å². The van der Waals surface area contributed by atoms with Gasteiger partial charge in [-0.3, -0.25) is 19.8 Å². The SMILES string of the molecule is N#C/C(=C/N1CCN(Cc2ccccc2)CC1)C(=O)Nc1cc([N+](=O)[O-])ccc1Cl. The monoisotopic (exact) mass is 425 g/mol. The van der Waals surface area contributed by atoms with Crippen molar-refractivity contribution in [2.45, 2.75) is 6.54 Å². The topological polar surface area (TPSA) is 103 Å². The molecule has 1 saturated heterocycles. The summed E-state index contributed by atoms with van der Waals surface area (Å²) in [5, 5.41) is 23.0. The maximum atomic E-state index is 12.5. The predicted molar refractivity (Wildman–Crippen MR) is 114 cm³/mol. The fourth-order valence-corrected chi connectivity index (χ4v) is 3.29. The maximum Gasteiger partial charge on any atom is 0.271 e. The number of hydrogen-bond acceptors (Lipinski definition) is 6. The number of carbonyl (C=O) groups excluding carboxylic acids is 1. The van der Waals surface area contributed by atoms with Crippen LogP contribution in [0.15, 0.2) is 60.3 Å². The van der Waals surface area contributed by atoms with Gasteiger partial charge in [0.15, 0.2) is 0 Å². The highest BCUT2D eigenvalue weighted by molar-refractivity contribution is 6.34. The first-order valence-corrected chi connectivity index (χ1v) is 9.71. The summed E-state index contributed by atoms with van der Waals surface area (Å²) in [6.45, 7) is 3.84. The summed E-state index contributed by atoms with van der Waals surface area (Å²) >= 11 is 6.01. The second kappa shape index (κ2) is 9.87. The molecule has 1 amide bonds. The van der Waals surface area contributed by atoms with Crippen molar-refractivity contribution in [3.8, 4) is 6.07 Å². The Labute approximate surface area is 179 Å². The van der Waals surface area contributed by atoms with E-state index < -0.39 is 10.8 Å². The Kier molecular flexibility index (Phi) is 7.01. The molecule has 1 aliphatic rings. The van der Waals surface area contributed by atoms with Crippen molar-refractivity contribution in [2.75, 3.05) is 31.5 Å². The number of amides is 1. The van der Waals surface area contributed by atoms with Gasteiger partial charge in [-0.05, 0) is 11.6 Å². The number of nitro groups is 1. The summed E-state index contributed by atoms with van der Waals surface area (Å²) in [5.74, 6) is -0.661. The number of non-ortho nitro benzene ring substituents is 1. The molecule has 0 aliphatic carbocycles. The van der Waals surface area contributed by atoms with E-state index in [0.29, 0.717) is 13.1 Å². The van der Waals surface area contributed by atoms with E-state index in [-0.39, 0.29) is 22.0 Å². The molecule has 1 fully saturated rings.